The number of hydrogen-bond donors (Lipinski definition) is 2. The standard InChI is InChI=1S/C19H22N2O3S/c1-2-24-18(22)16-14-11-7-4-8-12-15(14)25-17(16)21-19(23)20-13-9-5-3-6-10-13/h3,5-6,9-10H,2,4,7-8,11-12H2,1H3,(H2,20,21,23). The molecular weight excluding hydrogens is 336 g/mol. The van der Waals surface area contributed by atoms with Gasteiger partial charge in [-0.25, -0.2) is 9.59 Å². The predicted molar refractivity (Wildman–Crippen MR) is 101 cm³/mol. The number of anilines is 2. The summed E-state index contributed by atoms with van der Waals surface area (Å²) in [5.41, 5.74) is 2.29. The third-order valence-electron chi connectivity index (χ3n) is 4.16. The first-order chi connectivity index (χ1) is 12.2. The summed E-state index contributed by atoms with van der Waals surface area (Å²) in [6, 6.07) is 8.87. The van der Waals surface area contributed by atoms with Gasteiger partial charge in [-0.15, -0.1) is 11.3 Å². The van der Waals surface area contributed by atoms with Gasteiger partial charge >= 0.3 is 12.0 Å². The highest BCUT2D eigenvalue weighted by atomic mass is 32.1. The molecule has 0 saturated carbocycles. The van der Waals surface area contributed by atoms with Crippen LogP contribution in [0.3, 0.4) is 0 Å². The van der Waals surface area contributed by atoms with E-state index in [1.807, 2.05) is 30.3 Å². The number of nitrogens with one attached hydrogen (secondary N) is 2. The van der Waals surface area contributed by atoms with Gasteiger partial charge in [-0.3, -0.25) is 5.32 Å². The van der Waals surface area contributed by atoms with Gasteiger partial charge in [0.25, 0.3) is 0 Å². The molecule has 0 bridgehead atoms. The van der Waals surface area contributed by atoms with Crippen LogP contribution in [0.1, 0.15) is 47.0 Å². The second-order valence-corrected chi connectivity index (χ2v) is 7.04. The lowest BCUT2D eigenvalue weighted by Crippen LogP contribution is -2.20. The number of aryl methyl sites for hydroxylation is 1. The molecule has 5 nitrogen and oxygen atoms in total. The number of carbonyl (C=O) groups is 2. The summed E-state index contributed by atoms with van der Waals surface area (Å²) >= 11 is 1.50. The molecule has 0 radical (unpaired) electrons. The van der Waals surface area contributed by atoms with Crippen molar-refractivity contribution in [1.29, 1.82) is 0 Å². The fourth-order valence-electron chi connectivity index (χ4n) is 3.04. The van der Waals surface area contributed by atoms with Crippen LogP contribution in [0, 0.1) is 0 Å². The van der Waals surface area contributed by atoms with Crippen LogP contribution < -0.4 is 10.6 Å². The third kappa shape index (κ3) is 4.20. The Morgan fingerprint density at radius 3 is 2.60 bits per heavy atom. The largest absolute Gasteiger partial charge is 0.462 e. The van der Waals surface area contributed by atoms with Crippen LogP contribution in [0.4, 0.5) is 15.5 Å². The van der Waals surface area contributed by atoms with Crippen LogP contribution in [-0.2, 0) is 17.6 Å². The molecule has 0 fully saturated rings. The number of hydrogen-bond acceptors (Lipinski definition) is 4. The molecule has 1 heterocycles. The molecule has 3 rings (SSSR count). The summed E-state index contributed by atoms with van der Waals surface area (Å²) in [7, 11) is 0. The average Bonchev–Trinajstić information content (AvgIpc) is 2.77. The lowest BCUT2D eigenvalue weighted by Gasteiger charge is -2.09. The van der Waals surface area contributed by atoms with Crippen LogP contribution in [-0.4, -0.2) is 18.6 Å². The summed E-state index contributed by atoms with van der Waals surface area (Å²) in [5.74, 6) is -0.350. The van der Waals surface area contributed by atoms with Crippen molar-refractivity contribution in [2.45, 2.75) is 39.0 Å². The van der Waals surface area contributed by atoms with Gasteiger partial charge in [0.15, 0.2) is 0 Å². The van der Waals surface area contributed by atoms with Crippen LogP contribution in [0.5, 0.6) is 0 Å². The zero-order valence-electron chi connectivity index (χ0n) is 14.3. The van der Waals surface area contributed by atoms with E-state index in [1.54, 1.807) is 6.92 Å². The summed E-state index contributed by atoms with van der Waals surface area (Å²) in [4.78, 5) is 26.0. The monoisotopic (exact) mass is 358 g/mol. The average molecular weight is 358 g/mol. The number of rotatable bonds is 4. The number of carbonyl (C=O) groups excluding carboxylic acids is 2. The van der Waals surface area contributed by atoms with Crippen LogP contribution in [0.15, 0.2) is 30.3 Å². The van der Waals surface area contributed by atoms with E-state index in [4.69, 9.17) is 4.74 Å². The van der Waals surface area contributed by atoms with Crippen molar-refractivity contribution >= 4 is 34.0 Å². The lowest BCUT2D eigenvalue weighted by molar-refractivity contribution is 0.0527. The van der Waals surface area contributed by atoms with Crippen LogP contribution in [0.25, 0.3) is 0 Å². The minimum Gasteiger partial charge on any atom is -0.462 e. The lowest BCUT2D eigenvalue weighted by atomic mass is 10.1. The molecule has 132 valence electrons. The van der Waals surface area contributed by atoms with E-state index in [0.717, 1.165) is 31.2 Å². The van der Waals surface area contributed by atoms with Gasteiger partial charge in [-0.2, -0.15) is 0 Å². The molecule has 0 saturated heterocycles. The fourth-order valence-corrected chi connectivity index (χ4v) is 4.31. The topological polar surface area (TPSA) is 67.4 Å². The molecule has 2 amide bonds. The van der Waals surface area contributed by atoms with Crippen molar-refractivity contribution in [1.82, 2.24) is 0 Å². The molecule has 0 spiro atoms. The highest BCUT2D eigenvalue weighted by Gasteiger charge is 2.26. The highest BCUT2D eigenvalue weighted by Crippen LogP contribution is 2.38. The molecular formula is C19H22N2O3S. The number of benzene rings is 1. The van der Waals surface area contributed by atoms with Crippen molar-refractivity contribution < 1.29 is 14.3 Å². The second kappa shape index (κ2) is 8.16. The van der Waals surface area contributed by atoms with Gasteiger partial charge in [0.1, 0.15) is 5.00 Å². The number of para-hydroxylation sites is 1. The summed E-state index contributed by atoms with van der Waals surface area (Å²) in [6.07, 6.45) is 5.16. The Hall–Kier alpha value is -2.34. The summed E-state index contributed by atoms with van der Waals surface area (Å²) in [6.45, 7) is 2.11. The Morgan fingerprint density at radius 1 is 1.08 bits per heavy atom. The number of urea groups is 1. The normalized spacial score (nSPS) is 13.5. The first-order valence-corrected chi connectivity index (χ1v) is 9.45. The smallest absolute Gasteiger partial charge is 0.341 e. The highest BCUT2D eigenvalue weighted by molar-refractivity contribution is 7.17. The fraction of sp³-hybridized carbons (Fsp3) is 0.368. The van der Waals surface area contributed by atoms with E-state index in [9.17, 15) is 9.59 Å². The van der Waals surface area contributed by atoms with Crippen LogP contribution >= 0.6 is 11.3 Å². The number of amides is 2. The van der Waals surface area contributed by atoms with Crippen molar-refractivity contribution in [2.24, 2.45) is 0 Å². The maximum Gasteiger partial charge on any atom is 0.341 e. The number of fused-ring (bicyclic) bond motifs is 1. The molecule has 2 aromatic rings. The molecule has 0 atom stereocenters. The Balaban J connectivity index is 1.84. The molecule has 25 heavy (non-hydrogen) atoms. The molecule has 1 aliphatic rings. The predicted octanol–water partition coefficient (Wildman–Crippen LogP) is 4.84. The molecule has 0 aliphatic heterocycles. The molecule has 1 aliphatic carbocycles. The minimum atomic E-state index is -0.354. The maximum atomic E-state index is 12.5. The molecule has 1 aromatic heterocycles. The Kier molecular flexibility index (Phi) is 5.71. The van der Waals surface area contributed by atoms with Gasteiger partial charge in [0.05, 0.1) is 12.2 Å². The number of esters is 1. The third-order valence-corrected chi connectivity index (χ3v) is 5.37. The van der Waals surface area contributed by atoms with Gasteiger partial charge in [-0.1, -0.05) is 24.6 Å². The Morgan fingerprint density at radius 2 is 1.84 bits per heavy atom. The second-order valence-electron chi connectivity index (χ2n) is 5.93. The van der Waals surface area contributed by atoms with Gasteiger partial charge < -0.3 is 10.1 Å². The number of ether oxygens (including phenoxy) is 1. The Bertz CT molecular complexity index is 756. The van der Waals surface area contributed by atoms with Gasteiger partial charge in [-0.05, 0) is 50.3 Å². The molecule has 1 aromatic carbocycles. The van der Waals surface area contributed by atoms with E-state index < -0.39 is 0 Å². The van der Waals surface area contributed by atoms with E-state index in [1.165, 1.54) is 22.6 Å². The maximum absolute atomic E-state index is 12.5. The van der Waals surface area contributed by atoms with Crippen molar-refractivity contribution in [3.05, 3.63) is 46.3 Å². The van der Waals surface area contributed by atoms with E-state index in [0.29, 0.717) is 22.9 Å². The zero-order valence-corrected chi connectivity index (χ0v) is 15.1. The van der Waals surface area contributed by atoms with Crippen molar-refractivity contribution in [2.75, 3.05) is 17.2 Å². The molecule has 2 N–H and O–H groups in total. The van der Waals surface area contributed by atoms with Gasteiger partial charge in [0, 0.05) is 10.6 Å². The molecule has 6 heteroatoms. The van der Waals surface area contributed by atoms with Gasteiger partial charge in [0.2, 0.25) is 0 Å². The zero-order chi connectivity index (χ0) is 17.6. The van der Waals surface area contributed by atoms with Crippen molar-refractivity contribution in [3.63, 3.8) is 0 Å². The quantitative estimate of drug-likeness (QED) is 0.607. The first-order valence-electron chi connectivity index (χ1n) is 8.63. The summed E-state index contributed by atoms with van der Waals surface area (Å²) in [5, 5.41) is 6.21. The summed E-state index contributed by atoms with van der Waals surface area (Å²) < 4.78 is 5.23. The first kappa shape index (κ1) is 17.5. The SMILES string of the molecule is CCOC(=O)c1c(NC(=O)Nc2ccccc2)sc2c1CCCCC2. The minimum absolute atomic E-state index is 0.319. The van der Waals surface area contributed by atoms with Crippen LogP contribution in [0.2, 0.25) is 0 Å². The Labute approximate surface area is 151 Å². The van der Waals surface area contributed by atoms with E-state index in [-0.39, 0.29) is 12.0 Å². The van der Waals surface area contributed by atoms with E-state index in [2.05, 4.69) is 10.6 Å². The molecule has 0 unspecified atom stereocenters. The number of thiophene rings is 1. The van der Waals surface area contributed by atoms with E-state index >= 15 is 0 Å². The van der Waals surface area contributed by atoms with Crippen molar-refractivity contribution in [3.8, 4) is 0 Å².